The average Bonchev–Trinajstić information content (AvgIpc) is 2.87. The fraction of sp³-hybridized carbons (Fsp3) is 0.870. The first-order chi connectivity index (χ1) is 17.4. The third-order valence-corrected chi connectivity index (χ3v) is 5.19. The van der Waals surface area contributed by atoms with Crippen molar-refractivity contribution < 1.29 is 28.6 Å². The standard InChI is InChI=1S/C23H49N7O6/c1-27-23(17-34-14-5-20(31)28-11-2-8-24,18-35-15-6-21(32)29-12-3-9-25)19-36-16-7-22(33)30-13-4-10-26/h27H,2-19,24-26H2,1H3,(H,28,31)(H,29,32)(H,30,33). The first-order valence-electron chi connectivity index (χ1n) is 12.8. The number of likely N-dealkylation sites (N-methyl/N-ethyl adjacent to an activating group) is 1. The van der Waals surface area contributed by atoms with Crippen LogP contribution in [0.4, 0.5) is 0 Å². The summed E-state index contributed by atoms with van der Waals surface area (Å²) < 4.78 is 17.3. The second kappa shape index (κ2) is 23.5. The largest absolute Gasteiger partial charge is 0.379 e. The van der Waals surface area contributed by atoms with Crippen molar-refractivity contribution in [3.05, 3.63) is 0 Å². The minimum atomic E-state index is -0.720. The average molecular weight is 520 g/mol. The Labute approximate surface area is 215 Å². The number of carbonyl (C=O) groups excluding carboxylic acids is 3. The maximum absolute atomic E-state index is 11.9. The molecule has 0 radical (unpaired) electrons. The Morgan fingerprint density at radius 1 is 0.611 bits per heavy atom. The monoisotopic (exact) mass is 519 g/mol. The van der Waals surface area contributed by atoms with Crippen LogP contribution in [0.3, 0.4) is 0 Å². The quantitative estimate of drug-likeness (QED) is 0.0634. The van der Waals surface area contributed by atoms with Crippen molar-refractivity contribution in [3.8, 4) is 0 Å². The molecule has 0 aliphatic heterocycles. The van der Waals surface area contributed by atoms with Crippen LogP contribution in [0.25, 0.3) is 0 Å². The molecule has 0 bridgehead atoms. The zero-order valence-electron chi connectivity index (χ0n) is 21.9. The number of carbonyl (C=O) groups is 3. The van der Waals surface area contributed by atoms with E-state index in [9.17, 15) is 14.4 Å². The number of nitrogens with one attached hydrogen (secondary N) is 4. The van der Waals surface area contributed by atoms with Crippen molar-refractivity contribution in [2.75, 3.05) is 86.0 Å². The van der Waals surface area contributed by atoms with Crippen LogP contribution in [0.1, 0.15) is 38.5 Å². The lowest BCUT2D eigenvalue weighted by molar-refractivity contribution is -0.122. The Bertz CT molecular complexity index is 509. The fourth-order valence-electron chi connectivity index (χ4n) is 2.89. The minimum absolute atomic E-state index is 0.104. The van der Waals surface area contributed by atoms with Gasteiger partial charge in [0.15, 0.2) is 0 Å². The molecule has 0 saturated heterocycles. The zero-order chi connectivity index (χ0) is 26.9. The summed E-state index contributed by atoms with van der Waals surface area (Å²) in [4.78, 5) is 35.6. The van der Waals surface area contributed by atoms with E-state index in [1.807, 2.05) is 0 Å². The smallest absolute Gasteiger partial charge is 0.222 e. The van der Waals surface area contributed by atoms with E-state index in [0.717, 1.165) is 19.3 Å². The SMILES string of the molecule is CNC(COCCC(=O)NCCCN)(COCCC(=O)NCCCN)COCCC(=O)NCCCN. The number of ether oxygens (including phenoxy) is 3. The third-order valence-electron chi connectivity index (χ3n) is 5.19. The van der Waals surface area contributed by atoms with Gasteiger partial charge in [-0.15, -0.1) is 0 Å². The molecule has 3 amide bonds. The first-order valence-corrected chi connectivity index (χ1v) is 12.8. The molecule has 0 saturated carbocycles. The van der Waals surface area contributed by atoms with Gasteiger partial charge >= 0.3 is 0 Å². The second-order valence-corrected chi connectivity index (χ2v) is 8.41. The van der Waals surface area contributed by atoms with Gasteiger partial charge in [0.25, 0.3) is 0 Å². The van der Waals surface area contributed by atoms with E-state index < -0.39 is 5.54 Å². The number of hydrogen-bond donors (Lipinski definition) is 7. The molecule has 0 unspecified atom stereocenters. The highest BCUT2D eigenvalue weighted by Gasteiger charge is 2.30. The molecule has 0 aromatic rings. The topological polar surface area (TPSA) is 205 Å². The molecular formula is C23H49N7O6. The second-order valence-electron chi connectivity index (χ2n) is 8.41. The van der Waals surface area contributed by atoms with Crippen molar-refractivity contribution in [1.82, 2.24) is 21.3 Å². The third kappa shape index (κ3) is 19.3. The molecular weight excluding hydrogens is 470 g/mol. The molecule has 0 heterocycles. The highest BCUT2D eigenvalue weighted by Crippen LogP contribution is 2.09. The summed E-state index contributed by atoms with van der Waals surface area (Å²) in [7, 11) is 1.76. The molecule has 0 spiro atoms. The molecule has 0 fully saturated rings. The molecule has 0 atom stereocenters. The van der Waals surface area contributed by atoms with Crippen LogP contribution >= 0.6 is 0 Å². The summed E-state index contributed by atoms with van der Waals surface area (Å²) in [6.45, 7) is 4.50. The highest BCUT2D eigenvalue weighted by atomic mass is 16.5. The summed E-state index contributed by atoms with van der Waals surface area (Å²) in [6.07, 6.45) is 2.83. The highest BCUT2D eigenvalue weighted by molar-refractivity contribution is 5.76. The van der Waals surface area contributed by atoms with E-state index in [1.54, 1.807) is 7.05 Å². The predicted molar refractivity (Wildman–Crippen MR) is 138 cm³/mol. The van der Waals surface area contributed by atoms with Gasteiger partial charge in [0.05, 0.1) is 45.2 Å². The van der Waals surface area contributed by atoms with Crippen LogP contribution < -0.4 is 38.5 Å². The van der Waals surface area contributed by atoms with Crippen LogP contribution in [0.2, 0.25) is 0 Å². The van der Waals surface area contributed by atoms with Crippen LogP contribution in [0.15, 0.2) is 0 Å². The van der Waals surface area contributed by atoms with Crippen LogP contribution in [0.5, 0.6) is 0 Å². The van der Waals surface area contributed by atoms with Crippen molar-refractivity contribution in [3.63, 3.8) is 0 Å². The molecule has 13 heteroatoms. The maximum Gasteiger partial charge on any atom is 0.222 e. The fourth-order valence-corrected chi connectivity index (χ4v) is 2.89. The molecule has 0 rings (SSSR count). The Hall–Kier alpha value is -1.87. The van der Waals surface area contributed by atoms with E-state index in [1.165, 1.54) is 0 Å². The van der Waals surface area contributed by atoms with Gasteiger partial charge in [-0.25, -0.2) is 0 Å². The number of rotatable bonds is 25. The Balaban J connectivity index is 4.60. The molecule has 36 heavy (non-hydrogen) atoms. The lowest BCUT2D eigenvalue weighted by atomic mass is 10.0. The Morgan fingerprint density at radius 2 is 0.917 bits per heavy atom. The van der Waals surface area contributed by atoms with Gasteiger partial charge < -0.3 is 52.7 Å². The van der Waals surface area contributed by atoms with Gasteiger partial charge in [-0.3, -0.25) is 14.4 Å². The number of nitrogens with two attached hydrogens (primary N) is 3. The van der Waals surface area contributed by atoms with Gasteiger partial charge in [0, 0.05) is 38.9 Å². The Kier molecular flexibility index (Phi) is 22.3. The lowest BCUT2D eigenvalue weighted by Crippen LogP contribution is -2.55. The van der Waals surface area contributed by atoms with Gasteiger partial charge in [-0.05, 0) is 45.9 Å². The van der Waals surface area contributed by atoms with Gasteiger partial charge in [-0.1, -0.05) is 0 Å². The Morgan fingerprint density at radius 3 is 1.17 bits per heavy atom. The first kappa shape index (κ1) is 34.1. The summed E-state index contributed by atoms with van der Waals surface area (Å²) in [6, 6.07) is 0. The van der Waals surface area contributed by atoms with E-state index in [0.29, 0.717) is 39.3 Å². The van der Waals surface area contributed by atoms with Crippen LogP contribution in [0, 0.1) is 0 Å². The summed E-state index contributed by atoms with van der Waals surface area (Å²) in [5.74, 6) is -0.313. The molecule has 10 N–H and O–H groups in total. The predicted octanol–water partition coefficient (Wildman–Crippen LogP) is -2.44. The summed E-state index contributed by atoms with van der Waals surface area (Å²) >= 11 is 0. The van der Waals surface area contributed by atoms with Gasteiger partial charge in [0.1, 0.15) is 0 Å². The van der Waals surface area contributed by atoms with Crippen LogP contribution in [-0.2, 0) is 28.6 Å². The van der Waals surface area contributed by atoms with Gasteiger partial charge in [-0.2, -0.15) is 0 Å². The van der Waals surface area contributed by atoms with Gasteiger partial charge in [0.2, 0.25) is 17.7 Å². The molecule has 0 aliphatic carbocycles. The molecule has 0 aliphatic rings. The summed E-state index contributed by atoms with van der Waals surface area (Å²) in [5.41, 5.74) is 15.6. The zero-order valence-corrected chi connectivity index (χ0v) is 21.9. The summed E-state index contributed by atoms with van der Waals surface area (Å²) in [5, 5.41) is 11.5. The van der Waals surface area contributed by atoms with E-state index in [-0.39, 0.29) is 76.6 Å². The minimum Gasteiger partial charge on any atom is -0.379 e. The number of hydrogen-bond acceptors (Lipinski definition) is 10. The van der Waals surface area contributed by atoms with E-state index in [4.69, 9.17) is 31.4 Å². The lowest BCUT2D eigenvalue weighted by Gasteiger charge is -2.33. The maximum atomic E-state index is 11.9. The molecule has 0 aromatic carbocycles. The van der Waals surface area contributed by atoms with E-state index in [2.05, 4.69) is 21.3 Å². The molecule has 0 aromatic heterocycles. The van der Waals surface area contributed by atoms with Crippen LogP contribution in [-0.4, -0.2) is 109 Å². The van der Waals surface area contributed by atoms with Crippen molar-refractivity contribution in [2.45, 2.75) is 44.1 Å². The normalized spacial score (nSPS) is 11.3. The molecule has 212 valence electrons. The van der Waals surface area contributed by atoms with Crippen molar-refractivity contribution in [2.24, 2.45) is 17.2 Å². The van der Waals surface area contributed by atoms with E-state index >= 15 is 0 Å². The van der Waals surface area contributed by atoms with Crippen molar-refractivity contribution in [1.29, 1.82) is 0 Å². The molecule has 13 nitrogen and oxygen atoms in total. The van der Waals surface area contributed by atoms with Crippen molar-refractivity contribution >= 4 is 17.7 Å². The number of amides is 3.